The van der Waals surface area contributed by atoms with Crippen molar-refractivity contribution >= 4 is 12.4 Å². The molecule has 1 aromatic carbocycles. The van der Waals surface area contributed by atoms with Crippen LogP contribution in [-0.4, -0.2) is 21.7 Å². The van der Waals surface area contributed by atoms with E-state index in [0.717, 1.165) is 49.5 Å². The zero-order valence-corrected chi connectivity index (χ0v) is 15.5. The Balaban J connectivity index is 0.00000168. The first kappa shape index (κ1) is 17.2. The van der Waals surface area contributed by atoms with Crippen LogP contribution in [0.25, 0.3) is 11.4 Å². The second kappa shape index (κ2) is 6.82. The van der Waals surface area contributed by atoms with Gasteiger partial charge in [-0.3, -0.25) is 4.98 Å². The fourth-order valence-electron chi connectivity index (χ4n) is 4.10. The van der Waals surface area contributed by atoms with Gasteiger partial charge in [-0.15, -0.1) is 12.4 Å². The number of hydrogen-bond acceptors (Lipinski definition) is 5. The fraction of sp³-hybridized carbons (Fsp3) is 0.350. The average molecular weight is 369 g/mol. The van der Waals surface area contributed by atoms with E-state index in [0.29, 0.717) is 5.82 Å². The fourth-order valence-corrected chi connectivity index (χ4v) is 4.10. The lowest BCUT2D eigenvalue weighted by Crippen LogP contribution is -2.24. The number of aryl methyl sites for hydroxylation is 1. The Morgan fingerprint density at radius 1 is 1.12 bits per heavy atom. The maximum Gasteiger partial charge on any atom is 0.230 e. The molecule has 6 heteroatoms. The summed E-state index contributed by atoms with van der Waals surface area (Å²) < 4.78 is 5.68. The van der Waals surface area contributed by atoms with Crippen molar-refractivity contribution in [2.24, 2.45) is 0 Å². The minimum Gasteiger partial charge on any atom is -0.339 e. The molecule has 26 heavy (non-hydrogen) atoms. The van der Waals surface area contributed by atoms with E-state index < -0.39 is 0 Å². The largest absolute Gasteiger partial charge is 0.339 e. The Hall–Kier alpha value is -2.24. The SMILES string of the molecule is Cc1ncc2c(c1-c1noc(C3Cc4ccccc4C3)n1)CCNC2.Cl. The smallest absolute Gasteiger partial charge is 0.230 e. The van der Waals surface area contributed by atoms with Gasteiger partial charge in [-0.25, -0.2) is 0 Å². The number of hydrogen-bond donors (Lipinski definition) is 1. The third-order valence-electron chi connectivity index (χ3n) is 5.40. The number of aromatic nitrogens is 3. The van der Waals surface area contributed by atoms with Gasteiger partial charge in [0, 0.05) is 29.9 Å². The first-order valence-corrected chi connectivity index (χ1v) is 8.88. The van der Waals surface area contributed by atoms with E-state index >= 15 is 0 Å². The van der Waals surface area contributed by atoms with Crippen LogP contribution in [0.15, 0.2) is 35.0 Å². The standard InChI is InChI=1S/C20H20N4O.ClH/c1-12-18(17-6-7-21-10-16(17)11-22-12)19-23-20(25-24-19)15-8-13-4-2-3-5-14(13)9-15;/h2-5,11,15,21H,6-10H2,1H3;1H. The van der Waals surface area contributed by atoms with E-state index in [9.17, 15) is 0 Å². The van der Waals surface area contributed by atoms with E-state index in [1.54, 1.807) is 0 Å². The summed E-state index contributed by atoms with van der Waals surface area (Å²) in [5.74, 6) is 1.72. The highest BCUT2D eigenvalue weighted by molar-refractivity contribution is 5.85. The predicted octanol–water partition coefficient (Wildman–Crippen LogP) is 3.39. The topological polar surface area (TPSA) is 63.8 Å². The normalized spacial score (nSPS) is 16.0. The number of rotatable bonds is 2. The summed E-state index contributed by atoms with van der Waals surface area (Å²) in [6, 6.07) is 8.59. The molecule has 2 aromatic heterocycles. The van der Waals surface area contributed by atoms with E-state index in [2.05, 4.69) is 39.7 Å². The second-order valence-corrected chi connectivity index (χ2v) is 6.98. The summed E-state index contributed by atoms with van der Waals surface area (Å²) in [4.78, 5) is 9.32. The van der Waals surface area contributed by atoms with Crippen LogP contribution in [0.3, 0.4) is 0 Å². The quantitative estimate of drug-likeness (QED) is 0.751. The highest BCUT2D eigenvalue weighted by atomic mass is 35.5. The molecular formula is C20H21ClN4O. The average Bonchev–Trinajstić information content (AvgIpc) is 3.28. The van der Waals surface area contributed by atoms with Crippen LogP contribution < -0.4 is 5.32 Å². The summed E-state index contributed by atoms with van der Waals surface area (Å²) in [7, 11) is 0. The number of benzene rings is 1. The second-order valence-electron chi connectivity index (χ2n) is 6.98. The Morgan fingerprint density at radius 3 is 2.65 bits per heavy atom. The van der Waals surface area contributed by atoms with Crippen molar-refractivity contribution in [3.63, 3.8) is 0 Å². The molecule has 3 heterocycles. The Labute approximate surface area is 158 Å². The van der Waals surface area contributed by atoms with Gasteiger partial charge in [0.15, 0.2) is 0 Å². The van der Waals surface area contributed by atoms with Crippen molar-refractivity contribution in [2.45, 2.75) is 38.6 Å². The van der Waals surface area contributed by atoms with Gasteiger partial charge in [0.1, 0.15) is 0 Å². The number of fused-ring (bicyclic) bond motifs is 2. The number of halogens is 1. The molecule has 0 atom stereocenters. The van der Waals surface area contributed by atoms with Gasteiger partial charge in [0.05, 0.1) is 0 Å². The highest BCUT2D eigenvalue weighted by Crippen LogP contribution is 2.35. The maximum absolute atomic E-state index is 5.68. The molecule has 5 nitrogen and oxygen atoms in total. The summed E-state index contributed by atoms with van der Waals surface area (Å²) in [6.45, 7) is 3.86. The summed E-state index contributed by atoms with van der Waals surface area (Å²) in [6.07, 6.45) is 4.90. The van der Waals surface area contributed by atoms with Crippen LogP contribution in [0.1, 0.15) is 39.8 Å². The molecule has 0 fully saturated rings. The van der Waals surface area contributed by atoms with E-state index in [1.807, 2.05) is 13.1 Å². The van der Waals surface area contributed by atoms with Gasteiger partial charge in [0.25, 0.3) is 0 Å². The molecule has 2 aliphatic rings. The summed E-state index contributed by atoms with van der Waals surface area (Å²) >= 11 is 0. The van der Waals surface area contributed by atoms with Gasteiger partial charge >= 0.3 is 0 Å². The van der Waals surface area contributed by atoms with Gasteiger partial charge in [-0.1, -0.05) is 29.4 Å². The van der Waals surface area contributed by atoms with Crippen molar-refractivity contribution in [3.8, 4) is 11.4 Å². The van der Waals surface area contributed by atoms with E-state index in [4.69, 9.17) is 9.51 Å². The molecule has 0 spiro atoms. The van der Waals surface area contributed by atoms with Gasteiger partial charge in [0.2, 0.25) is 11.7 Å². The lowest BCUT2D eigenvalue weighted by molar-refractivity contribution is 0.356. The Kier molecular flexibility index (Phi) is 4.51. The molecule has 0 radical (unpaired) electrons. The minimum atomic E-state index is 0. The van der Waals surface area contributed by atoms with Crippen LogP contribution >= 0.6 is 12.4 Å². The van der Waals surface area contributed by atoms with Gasteiger partial charge in [-0.05, 0) is 55.0 Å². The van der Waals surface area contributed by atoms with Crippen molar-refractivity contribution in [3.05, 3.63) is 64.3 Å². The molecule has 1 aliphatic carbocycles. The van der Waals surface area contributed by atoms with Crippen LogP contribution in [0, 0.1) is 6.92 Å². The Bertz CT molecular complexity index is 928. The molecule has 5 rings (SSSR count). The molecule has 0 unspecified atom stereocenters. The first-order chi connectivity index (χ1) is 12.3. The molecule has 0 saturated carbocycles. The van der Waals surface area contributed by atoms with Gasteiger partial charge < -0.3 is 9.84 Å². The lowest BCUT2D eigenvalue weighted by atomic mass is 9.95. The lowest BCUT2D eigenvalue weighted by Gasteiger charge is -2.19. The minimum absolute atomic E-state index is 0. The van der Waals surface area contributed by atoms with Crippen LogP contribution in [-0.2, 0) is 25.8 Å². The van der Waals surface area contributed by atoms with E-state index in [-0.39, 0.29) is 18.3 Å². The molecule has 1 N–H and O–H groups in total. The number of nitrogens with zero attached hydrogens (tertiary/aromatic N) is 3. The van der Waals surface area contributed by atoms with Crippen molar-refractivity contribution < 1.29 is 4.52 Å². The molecular weight excluding hydrogens is 348 g/mol. The van der Waals surface area contributed by atoms with Crippen LogP contribution in [0.4, 0.5) is 0 Å². The summed E-state index contributed by atoms with van der Waals surface area (Å²) in [5, 5.41) is 7.71. The molecule has 134 valence electrons. The van der Waals surface area contributed by atoms with Gasteiger partial charge in [-0.2, -0.15) is 4.98 Å². The molecule has 3 aromatic rings. The maximum atomic E-state index is 5.68. The third-order valence-corrected chi connectivity index (χ3v) is 5.40. The Morgan fingerprint density at radius 2 is 1.88 bits per heavy atom. The first-order valence-electron chi connectivity index (χ1n) is 8.88. The zero-order valence-electron chi connectivity index (χ0n) is 14.7. The van der Waals surface area contributed by atoms with Crippen LogP contribution in [0.5, 0.6) is 0 Å². The summed E-state index contributed by atoms with van der Waals surface area (Å²) in [5.41, 5.74) is 7.38. The van der Waals surface area contributed by atoms with E-state index in [1.165, 1.54) is 22.3 Å². The zero-order chi connectivity index (χ0) is 16.8. The monoisotopic (exact) mass is 368 g/mol. The number of pyridine rings is 1. The molecule has 0 bridgehead atoms. The van der Waals surface area contributed by atoms with Crippen molar-refractivity contribution in [1.82, 2.24) is 20.4 Å². The van der Waals surface area contributed by atoms with Crippen molar-refractivity contribution in [2.75, 3.05) is 6.54 Å². The molecule has 1 aliphatic heterocycles. The van der Waals surface area contributed by atoms with Crippen LogP contribution in [0.2, 0.25) is 0 Å². The number of nitrogens with one attached hydrogen (secondary N) is 1. The molecule has 0 amide bonds. The third kappa shape index (κ3) is 2.81. The predicted molar refractivity (Wildman–Crippen MR) is 102 cm³/mol. The van der Waals surface area contributed by atoms with Crippen molar-refractivity contribution in [1.29, 1.82) is 0 Å². The molecule has 0 saturated heterocycles. The highest BCUT2D eigenvalue weighted by Gasteiger charge is 2.28.